The van der Waals surface area contributed by atoms with Gasteiger partial charge in [-0.05, 0) is 25.3 Å². The van der Waals surface area contributed by atoms with E-state index in [1.54, 1.807) is 6.07 Å². The van der Waals surface area contributed by atoms with Crippen LogP contribution in [0.1, 0.15) is 121 Å². The molecule has 3 aliphatic rings. The van der Waals surface area contributed by atoms with E-state index < -0.39 is 78.3 Å². The Kier molecular flexibility index (Phi) is 15.6. The number of fused-ring (bicyclic) bond motifs is 2. The maximum Gasteiger partial charge on any atom is 0.509 e. The number of nitrogens with zero attached hydrogens (tertiary/aromatic N) is 3. The summed E-state index contributed by atoms with van der Waals surface area (Å²) in [5.41, 5.74) is -0.719. The SMILES string of the molecule is CCCCCCCCCCCCCCCC(=O)OCOP(=O)(O)CS(=O)(=O)C[C@H]1O[C@@H](n2ccc3c(N[C@H]4C[C@@H](F)C4)c(C#N)c(Cl)nc32)[C@@H]2OC(=O)O[C@@H]21. The van der Waals surface area contributed by atoms with Gasteiger partial charge in [-0.15, -0.1) is 0 Å². The third kappa shape index (κ3) is 12.0. The number of halogens is 2. The molecule has 2 saturated heterocycles. The average Bonchev–Trinajstić information content (AvgIpc) is 3.78. The van der Waals surface area contributed by atoms with Gasteiger partial charge in [0.1, 0.15) is 29.6 Å². The molecule has 1 unspecified atom stereocenters. The number of alkyl halides is 1. The molecule has 0 spiro atoms. The van der Waals surface area contributed by atoms with Crippen molar-refractivity contribution in [3.05, 3.63) is 23.0 Å². The number of hydrogen-bond donors (Lipinski definition) is 2. The molecule has 0 amide bonds. The van der Waals surface area contributed by atoms with Gasteiger partial charge < -0.3 is 33.7 Å². The largest absolute Gasteiger partial charge is 0.509 e. The minimum Gasteiger partial charge on any atom is -0.438 e. The molecule has 2 aromatic rings. The van der Waals surface area contributed by atoms with Crippen molar-refractivity contribution in [3.63, 3.8) is 0 Å². The van der Waals surface area contributed by atoms with Crippen LogP contribution in [0.5, 0.6) is 0 Å². The molecule has 0 bridgehead atoms. The van der Waals surface area contributed by atoms with Crippen LogP contribution in [0.2, 0.25) is 5.15 Å². The Hall–Kier alpha value is -3.00. The minimum atomic E-state index is -4.80. The molecule has 306 valence electrons. The van der Waals surface area contributed by atoms with E-state index in [9.17, 15) is 37.1 Å². The predicted molar refractivity (Wildman–Crippen MR) is 201 cm³/mol. The zero-order valence-corrected chi connectivity index (χ0v) is 33.5. The van der Waals surface area contributed by atoms with Gasteiger partial charge in [-0.25, -0.2) is 22.6 Å². The van der Waals surface area contributed by atoms with Crippen LogP contribution in [0.3, 0.4) is 0 Å². The van der Waals surface area contributed by atoms with E-state index in [-0.39, 0.29) is 41.7 Å². The van der Waals surface area contributed by atoms with Crippen molar-refractivity contribution in [3.8, 4) is 6.07 Å². The molecule has 5 atom stereocenters. The number of anilines is 1. The standard InChI is InChI=1S/C36H51ClFN4O11PS/c1-2-3-4-5-6-7-8-9-10-11-12-13-14-15-29(43)49-22-50-54(45,46)23-55(47,48)21-28-31-32(53-36(44)52-31)35(51-28)42-17-16-26-30(40-25-18-24(38)19-25)27(20-39)33(37)41-34(26)42/h16-17,24-25,28,31-32,35H,2-15,18-19,21-23H2,1H3,(H,40,41)(H,45,46)/t24-,25+,28-,31-,32-,35-/m1/s1. The van der Waals surface area contributed by atoms with E-state index in [0.29, 0.717) is 17.5 Å². The molecule has 5 rings (SSSR count). The summed E-state index contributed by atoms with van der Waals surface area (Å²) < 4.78 is 80.4. The quantitative estimate of drug-likeness (QED) is 0.0340. The molecule has 0 aromatic carbocycles. The zero-order valence-electron chi connectivity index (χ0n) is 31.0. The predicted octanol–water partition coefficient (Wildman–Crippen LogP) is 7.83. The third-order valence-corrected chi connectivity index (χ3v) is 14.6. The number of hydrogen-bond acceptors (Lipinski definition) is 13. The Balaban J connectivity index is 1.07. The van der Waals surface area contributed by atoms with E-state index in [1.165, 1.54) is 68.6 Å². The molecular formula is C36H51ClFN4O11PS. The van der Waals surface area contributed by atoms with Crippen molar-refractivity contribution in [2.45, 2.75) is 146 Å². The summed E-state index contributed by atoms with van der Waals surface area (Å²) in [6, 6.07) is 3.39. The lowest BCUT2D eigenvalue weighted by molar-refractivity contribution is -0.150. The number of nitriles is 1. The van der Waals surface area contributed by atoms with Crippen LogP contribution in [0.15, 0.2) is 12.3 Å². The third-order valence-electron chi connectivity index (χ3n) is 10.1. The van der Waals surface area contributed by atoms with Crippen LogP contribution in [0.25, 0.3) is 11.0 Å². The fourth-order valence-corrected chi connectivity index (χ4v) is 11.1. The summed E-state index contributed by atoms with van der Waals surface area (Å²) >= 11 is 6.37. The van der Waals surface area contributed by atoms with Gasteiger partial charge in [0.2, 0.25) is 6.79 Å². The van der Waals surface area contributed by atoms with E-state index in [2.05, 4.69) is 17.2 Å². The summed E-state index contributed by atoms with van der Waals surface area (Å²) in [7, 11) is -9.21. The fourth-order valence-electron chi connectivity index (χ4n) is 7.17. The molecule has 2 aliphatic heterocycles. The van der Waals surface area contributed by atoms with Crippen molar-refractivity contribution in [1.29, 1.82) is 5.26 Å². The van der Waals surface area contributed by atoms with Crippen LogP contribution in [-0.4, -0.2) is 83.6 Å². The molecule has 55 heavy (non-hydrogen) atoms. The first-order valence-electron chi connectivity index (χ1n) is 19.2. The van der Waals surface area contributed by atoms with Crippen LogP contribution in [-0.2, 0) is 42.7 Å². The second kappa shape index (κ2) is 19.9. The number of aromatic nitrogens is 2. The van der Waals surface area contributed by atoms with Gasteiger partial charge in [0.15, 0.2) is 38.9 Å². The Morgan fingerprint density at radius 3 is 2.33 bits per heavy atom. The van der Waals surface area contributed by atoms with Crippen molar-refractivity contribution in [2.24, 2.45) is 0 Å². The minimum absolute atomic E-state index is 0.0549. The lowest BCUT2D eigenvalue weighted by atomic mass is 9.90. The maximum atomic E-state index is 13.5. The molecule has 0 radical (unpaired) electrons. The topological polar surface area (TPSA) is 205 Å². The van der Waals surface area contributed by atoms with Crippen molar-refractivity contribution < 1.29 is 55.3 Å². The first-order chi connectivity index (χ1) is 26.3. The normalized spacial score (nSPS) is 24.4. The lowest BCUT2D eigenvalue weighted by Crippen LogP contribution is -2.36. The van der Waals surface area contributed by atoms with E-state index >= 15 is 0 Å². The van der Waals surface area contributed by atoms with Gasteiger partial charge in [0.05, 0.1) is 11.4 Å². The molecule has 2 aromatic heterocycles. The zero-order chi connectivity index (χ0) is 39.6. The lowest BCUT2D eigenvalue weighted by Gasteiger charge is -2.31. The number of carbonyl (C=O) groups is 2. The molecule has 3 fully saturated rings. The molecule has 4 heterocycles. The molecule has 1 saturated carbocycles. The van der Waals surface area contributed by atoms with Crippen LogP contribution < -0.4 is 5.32 Å². The highest BCUT2D eigenvalue weighted by Gasteiger charge is 2.56. The monoisotopic (exact) mass is 832 g/mol. The van der Waals surface area contributed by atoms with Crippen LogP contribution in [0.4, 0.5) is 14.9 Å². The average molecular weight is 833 g/mol. The summed E-state index contributed by atoms with van der Waals surface area (Å²) in [5.74, 6) is -1.47. The highest BCUT2D eigenvalue weighted by atomic mass is 35.5. The van der Waals surface area contributed by atoms with E-state index in [4.69, 9.17) is 35.1 Å². The Labute approximate surface area is 326 Å². The first-order valence-corrected chi connectivity index (χ1v) is 23.1. The first kappa shape index (κ1) is 43.1. The number of ether oxygens (including phenoxy) is 4. The number of nitrogens with one attached hydrogen (secondary N) is 1. The van der Waals surface area contributed by atoms with Gasteiger partial charge in [-0.2, -0.15) is 5.26 Å². The van der Waals surface area contributed by atoms with E-state index in [0.717, 1.165) is 19.3 Å². The number of carbonyl (C=O) groups excluding carboxylic acids is 2. The molecular weight excluding hydrogens is 782 g/mol. The number of unbranched alkanes of at least 4 members (excludes halogenated alkanes) is 12. The van der Waals surface area contributed by atoms with Crippen molar-refractivity contribution in [1.82, 2.24) is 9.55 Å². The second-order valence-electron chi connectivity index (χ2n) is 14.5. The van der Waals surface area contributed by atoms with Crippen LogP contribution in [0, 0.1) is 11.3 Å². The fraction of sp³-hybridized carbons (Fsp3) is 0.722. The molecule has 15 nitrogen and oxygen atoms in total. The van der Waals surface area contributed by atoms with Gasteiger partial charge in [-0.1, -0.05) is 95.6 Å². The highest BCUT2D eigenvalue weighted by molar-refractivity contribution is 7.97. The summed E-state index contributed by atoms with van der Waals surface area (Å²) in [6.45, 7) is 1.32. The summed E-state index contributed by atoms with van der Waals surface area (Å²) in [6.07, 6.45) is 10.3. The highest BCUT2D eigenvalue weighted by Crippen LogP contribution is 2.46. The van der Waals surface area contributed by atoms with Gasteiger partial charge in [-0.3, -0.25) is 13.9 Å². The van der Waals surface area contributed by atoms with Crippen molar-refractivity contribution in [2.75, 3.05) is 23.4 Å². The Morgan fingerprint density at radius 2 is 1.71 bits per heavy atom. The van der Waals surface area contributed by atoms with Crippen LogP contribution >= 0.6 is 19.2 Å². The molecule has 19 heteroatoms. The van der Waals surface area contributed by atoms with E-state index in [1.807, 2.05) is 6.07 Å². The Morgan fingerprint density at radius 1 is 1.09 bits per heavy atom. The van der Waals surface area contributed by atoms with Crippen molar-refractivity contribution >= 4 is 57.9 Å². The summed E-state index contributed by atoms with van der Waals surface area (Å²) in [5, 5.41) is 13.2. The Bertz CT molecular complexity index is 1840. The molecule has 1 aliphatic carbocycles. The van der Waals surface area contributed by atoms with Gasteiger partial charge in [0, 0.05) is 24.0 Å². The number of pyridine rings is 1. The smallest absolute Gasteiger partial charge is 0.438 e. The van der Waals surface area contributed by atoms with Gasteiger partial charge >= 0.3 is 19.7 Å². The molecule has 2 N–H and O–H groups in total. The second-order valence-corrected chi connectivity index (χ2v) is 19.3. The number of rotatable bonds is 24. The van der Waals surface area contributed by atoms with Gasteiger partial charge in [0.25, 0.3) is 0 Å². The summed E-state index contributed by atoms with van der Waals surface area (Å²) in [4.78, 5) is 39.0. The number of esters is 1. The number of sulfone groups is 1. The maximum absolute atomic E-state index is 13.5.